The lowest BCUT2D eigenvalue weighted by molar-refractivity contribution is 0.0816. The first-order valence-corrected chi connectivity index (χ1v) is 8.74. The van der Waals surface area contributed by atoms with Crippen molar-refractivity contribution in [2.75, 3.05) is 7.11 Å². The van der Waals surface area contributed by atoms with Gasteiger partial charge in [-0.1, -0.05) is 12.1 Å². The number of H-pyrrole nitrogens is 1. The minimum absolute atomic E-state index is 0.0451. The first-order chi connectivity index (χ1) is 11.7. The van der Waals surface area contributed by atoms with Crippen molar-refractivity contribution in [3.63, 3.8) is 0 Å². The summed E-state index contributed by atoms with van der Waals surface area (Å²) in [6.07, 6.45) is 5.31. The molecule has 1 aromatic heterocycles. The summed E-state index contributed by atoms with van der Waals surface area (Å²) in [4.78, 5) is 12.9. The van der Waals surface area contributed by atoms with Crippen LogP contribution in [0.15, 0.2) is 24.3 Å². The molecule has 2 N–H and O–H groups in total. The van der Waals surface area contributed by atoms with Crippen molar-refractivity contribution >= 4 is 5.91 Å². The minimum Gasteiger partial charge on any atom is -0.497 e. The Kier molecular flexibility index (Phi) is 2.84. The number of hydrogen-bond acceptors (Lipinski definition) is 3. The summed E-state index contributed by atoms with van der Waals surface area (Å²) in [5.41, 5.74) is 3.80. The highest BCUT2D eigenvalue weighted by molar-refractivity contribution is 5.95. The molecule has 0 bridgehead atoms. The number of nitrogens with one attached hydrogen (secondary N) is 2. The van der Waals surface area contributed by atoms with E-state index in [1.165, 1.54) is 12.1 Å². The van der Waals surface area contributed by atoms with E-state index in [1.807, 2.05) is 18.2 Å². The van der Waals surface area contributed by atoms with Crippen LogP contribution < -0.4 is 10.1 Å². The van der Waals surface area contributed by atoms with Crippen molar-refractivity contribution in [1.29, 1.82) is 0 Å². The largest absolute Gasteiger partial charge is 0.497 e. The molecule has 1 heterocycles. The first-order valence-electron chi connectivity index (χ1n) is 8.74. The summed E-state index contributed by atoms with van der Waals surface area (Å²) in [7, 11) is 1.67. The van der Waals surface area contributed by atoms with Gasteiger partial charge in [0, 0.05) is 17.2 Å². The minimum atomic E-state index is -0.279. The number of ether oxygens (including phenoxy) is 1. The van der Waals surface area contributed by atoms with E-state index in [9.17, 15) is 4.79 Å². The zero-order chi connectivity index (χ0) is 16.3. The van der Waals surface area contributed by atoms with Gasteiger partial charge in [0.2, 0.25) is 0 Å². The van der Waals surface area contributed by atoms with E-state index < -0.39 is 0 Å². The van der Waals surface area contributed by atoms with Gasteiger partial charge < -0.3 is 10.1 Å². The third-order valence-corrected chi connectivity index (χ3v) is 6.06. The molecule has 0 aliphatic heterocycles. The first kappa shape index (κ1) is 14.1. The van der Waals surface area contributed by atoms with Gasteiger partial charge in [-0.3, -0.25) is 9.89 Å². The molecule has 124 valence electrons. The molecular weight excluding hydrogens is 302 g/mol. The summed E-state index contributed by atoms with van der Waals surface area (Å²) in [5.74, 6) is 2.16. The molecule has 2 fully saturated rings. The Balaban J connectivity index is 1.43. The van der Waals surface area contributed by atoms with Crippen molar-refractivity contribution in [3.05, 3.63) is 46.8 Å². The smallest absolute Gasteiger partial charge is 0.272 e. The maximum atomic E-state index is 12.9. The van der Waals surface area contributed by atoms with Gasteiger partial charge in [-0.15, -0.1) is 0 Å². The van der Waals surface area contributed by atoms with Gasteiger partial charge in [0.05, 0.1) is 12.6 Å². The molecule has 5 rings (SSSR count). The van der Waals surface area contributed by atoms with E-state index in [0.29, 0.717) is 11.6 Å². The molecule has 1 aromatic carbocycles. The lowest BCUT2D eigenvalue weighted by Crippen LogP contribution is -2.51. The molecule has 2 aromatic rings. The highest BCUT2D eigenvalue weighted by Crippen LogP contribution is 2.56. The Hall–Kier alpha value is -2.30. The molecule has 24 heavy (non-hydrogen) atoms. The highest BCUT2D eigenvalue weighted by atomic mass is 16.5. The quantitative estimate of drug-likeness (QED) is 0.909. The van der Waals surface area contributed by atoms with Gasteiger partial charge >= 0.3 is 0 Å². The molecular formula is C19H21N3O2. The van der Waals surface area contributed by atoms with Crippen LogP contribution in [0.25, 0.3) is 0 Å². The van der Waals surface area contributed by atoms with Crippen molar-refractivity contribution < 1.29 is 9.53 Å². The summed E-state index contributed by atoms with van der Waals surface area (Å²) in [6.45, 7) is 0. The molecule has 5 heteroatoms. The average Bonchev–Trinajstić information content (AvgIpc) is 3.04. The second kappa shape index (κ2) is 4.85. The van der Waals surface area contributed by atoms with Crippen molar-refractivity contribution in [2.24, 2.45) is 5.92 Å². The predicted molar refractivity (Wildman–Crippen MR) is 89.1 cm³/mol. The van der Waals surface area contributed by atoms with Crippen LogP contribution in [-0.2, 0) is 12.0 Å². The van der Waals surface area contributed by atoms with Gasteiger partial charge in [0.1, 0.15) is 5.75 Å². The van der Waals surface area contributed by atoms with E-state index >= 15 is 0 Å². The maximum Gasteiger partial charge on any atom is 0.272 e. The van der Waals surface area contributed by atoms with Crippen molar-refractivity contribution in [2.45, 2.75) is 43.6 Å². The van der Waals surface area contributed by atoms with Crippen LogP contribution in [0.4, 0.5) is 0 Å². The maximum absolute atomic E-state index is 12.9. The fourth-order valence-electron chi connectivity index (χ4n) is 4.38. The summed E-state index contributed by atoms with van der Waals surface area (Å²) < 4.78 is 5.34. The fraction of sp³-hybridized carbons (Fsp3) is 0.474. The van der Waals surface area contributed by atoms with Crippen LogP contribution in [0.1, 0.15) is 58.9 Å². The number of fused-ring (bicyclic) bond motifs is 3. The van der Waals surface area contributed by atoms with E-state index in [-0.39, 0.29) is 11.4 Å². The average molecular weight is 323 g/mol. The molecule has 2 atom stereocenters. The number of aromatic amines is 1. The number of carbonyl (C=O) groups is 1. The lowest BCUT2D eigenvalue weighted by atomic mass is 9.71. The van der Waals surface area contributed by atoms with Crippen LogP contribution in [0.2, 0.25) is 0 Å². The van der Waals surface area contributed by atoms with E-state index in [0.717, 1.165) is 48.5 Å². The Morgan fingerprint density at radius 1 is 1.42 bits per heavy atom. The zero-order valence-corrected chi connectivity index (χ0v) is 13.8. The second-order valence-electron chi connectivity index (χ2n) is 7.39. The molecule has 3 aliphatic rings. The zero-order valence-electron chi connectivity index (χ0n) is 13.8. The Labute approximate surface area is 140 Å². The molecule has 0 saturated heterocycles. The molecule has 0 radical (unpaired) electrons. The Morgan fingerprint density at radius 2 is 2.29 bits per heavy atom. The third-order valence-electron chi connectivity index (χ3n) is 6.06. The normalized spacial score (nSPS) is 25.4. The number of aromatic nitrogens is 2. The second-order valence-corrected chi connectivity index (χ2v) is 7.39. The van der Waals surface area contributed by atoms with Gasteiger partial charge in [-0.25, -0.2) is 0 Å². The van der Waals surface area contributed by atoms with Crippen LogP contribution in [0, 0.1) is 5.92 Å². The van der Waals surface area contributed by atoms with Crippen molar-refractivity contribution in [1.82, 2.24) is 15.5 Å². The summed E-state index contributed by atoms with van der Waals surface area (Å²) in [5, 5.41) is 10.7. The van der Waals surface area contributed by atoms with Crippen LogP contribution in [0.5, 0.6) is 5.75 Å². The number of methoxy groups -OCH3 is 1. The monoisotopic (exact) mass is 323 g/mol. The van der Waals surface area contributed by atoms with Crippen LogP contribution in [0.3, 0.4) is 0 Å². The molecule has 5 nitrogen and oxygen atoms in total. The fourth-order valence-corrected chi connectivity index (χ4v) is 4.38. The van der Waals surface area contributed by atoms with E-state index in [2.05, 4.69) is 21.6 Å². The van der Waals surface area contributed by atoms with Crippen molar-refractivity contribution in [3.8, 4) is 5.75 Å². The third kappa shape index (κ3) is 1.93. The number of nitrogens with zero attached hydrogens (tertiary/aromatic N) is 1. The number of benzene rings is 1. The predicted octanol–water partition coefficient (Wildman–Crippen LogP) is 2.89. The molecule has 2 saturated carbocycles. The van der Waals surface area contributed by atoms with E-state index in [1.54, 1.807) is 7.11 Å². The van der Waals surface area contributed by atoms with Gasteiger partial charge in [0.15, 0.2) is 5.69 Å². The van der Waals surface area contributed by atoms with Gasteiger partial charge in [-0.2, -0.15) is 5.10 Å². The summed E-state index contributed by atoms with van der Waals surface area (Å²) >= 11 is 0. The van der Waals surface area contributed by atoms with Crippen LogP contribution >= 0.6 is 0 Å². The Morgan fingerprint density at radius 3 is 3.04 bits per heavy atom. The molecule has 3 aliphatic carbocycles. The van der Waals surface area contributed by atoms with Gasteiger partial charge in [-0.05, 0) is 55.7 Å². The number of carbonyl (C=O) groups excluding carboxylic acids is 1. The Bertz CT molecular complexity index is 822. The molecule has 0 spiro atoms. The topological polar surface area (TPSA) is 67.0 Å². The molecule has 1 amide bonds. The summed E-state index contributed by atoms with van der Waals surface area (Å²) in [6, 6.07) is 8.03. The highest BCUT2D eigenvalue weighted by Gasteiger charge is 2.49. The van der Waals surface area contributed by atoms with E-state index in [4.69, 9.17) is 4.74 Å². The van der Waals surface area contributed by atoms with Crippen LogP contribution in [-0.4, -0.2) is 23.2 Å². The lowest BCUT2D eigenvalue weighted by Gasteiger charge is -2.43. The number of rotatable bonds is 4. The van der Waals surface area contributed by atoms with Gasteiger partial charge in [0.25, 0.3) is 5.91 Å². The number of amides is 1. The number of hydrogen-bond donors (Lipinski definition) is 2. The standard InChI is InChI=1S/C19H21N3O2/c1-24-13-5-2-4-12(10-13)19(6-3-7-19)20-18(23)17-15-9-11-8-14(11)16(15)21-22-17/h2,4-5,10-11,14H,3,6-9H2,1H3,(H,20,23)(H,21,22). The SMILES string of the molecule is COc1cccc(C2(NC(=O)c3n[nH]c4c3CC3CC43)CCC2)c1. The molecule has 2 unspecified atom stereocenters.